The Morgan fingerprint density at radius 2 is 1.90 bits per heavy atom. The van der Waals surface area contributed by atoms with Gasteiger partial charge < -0.3 is 11.1 Å². The van der Waals surface area contributed by atoms with Crippen LogP contribution in [0.15, 0.2) is 54.6 Å². The number of carbonyl (C=O) groups excluding carboxylic acids is 1. The maximum atomic E-state index is 11.9. The lowest BCUT2D eigenvalue weighted by Gasteiger charge is -2.12. The van der Waals surface area contributed by atoms with Crippen molar-refractivity contribution in [3.63, 3.8) is 0 Å². The van der Waals surface area contributed by atoms with Crippen molar-refractivity contribution in [3.8, 4) is 0 Å². The summed E-state index contributed by atoms with van der Waals surface area (Å²) in [4.78, 5) is 11.9. The first kappa shape index (κ1) is 15.0. The number of benzene rings is 2. The maximum absolute atomic E-state index is 11.9. The minimum Gasteiger partial charge on any atom is -0.326 e. The van der Waals surface area contributed by atoms with Crippen LogP contribution in [-0.2, 0) is 4.79 Å². The molecule has 0 aliphatic heterocycles. The van der Waals surface area contributed by atoms with Crippen molar-refractivity contribution in [1.29, 1.82) is 0 Å². The number of rotatable bonds is 5. The second-order valence-corrected chi connectivity index (χ2v) is 5.86. The third kappa shape index (κ3) is 4.61. The van der Waals surface area contributed by atoms with Crippen LogP contribution in [0.2, 0.25) is 0 Å². The van der Waals surface area contributed by atoms with E-state index in [1.165, 1.54) is 0 Å². The van der Waals surface area contributed by atoms with Gasteiger partial charge in [0.05, 0.1) is 0 Å². The van der Waals surface area contributed by atoms with Gasteiger partial charge in [0.2, 0.25) is 5.91 Å². The zero-order valence-electron chi connectivity index (χ0n) is 11.1. The van der Waals surface area contributed by atoms with Gasteiger partial charge in [-0.1, -0.05) is 36.4 Å². The summed E-state index contributed by atoms with van der Waals surface area (Å²) in [5, 5.41) is 2.89. The molecular weight excluding hydrogens is 363 g/mol. The molecule has 2 aromatic rings. The molecule has 3 nitrogen and oxygen atoms in total. The van der Waals surface area contributed by atoms with Crippen molar-refractivity contribution < 1.29 is 4.79 Å². The highest BCUT2D eigenvalue weighted by atomic mass is 127. The van der Waals surface area contributed by atoms with E-state index >= 15 is 0 Å². The Kier molecular flexibility index (Phi) is 5.55. The quantitative estimate of drug-likeness (QED) is 0.778. The monoisotopic (exact) mass is 380 g/mol. The highest BCUT2D eigenvalue weighted by Gasteiger charge is 2.09. The normalized spacial score (nSPS) is 11.9. The lowest BCUT2D eigenvalue weighted by atomic mass is 10.0. The second kappa shape index (κ2) is 7.40. The van der Waals surface area contributed by atoms with E-state index in [0.29, 0.717) is 12.8 Å². The molecule has 2 aromatic carbocycles. The minimum absolute atomic E-state index is 0.00150. The molecule has 0 saturated carbocycles. The number of hydrogen-bond acceptors (Lipinski definition) is 2. The van der Waals surface area contributed by atoms with Crippen LogP contribution < -0.4 is 11.1 Å². The predicted molar refractivity (Wildman–Crippen MR) is 90.4 cm³/mol. The largest absolute Gasteiger partial charge is 0.326 e. The van der Waals surface area contributed by atoms with Crippen LogP contribution in [0.4, 0.5) is 5.69 Å². The van der Waals surface area contributed by atoms with Crippen molar-refractivity contribution in [2.75, 3.05) is 5.32 Å². The van der Waals surface area contributed by atoms with E-state index in [1.54, 1.807) is 0 Å². The fourth-order valence-electron chi connectivity index (χ4n) is 1.94. The molecular formula is C16H17IN2O. The average Bonchev–Trinajstić information content (AvgIpc) is 2.46. The highest BCUT2D eigenvalue weighted by molar-refractivity contribution is 14.1. The summed E-state index contributed by atoms with van der Waals surface area (Å²) in [6.07, 6.45) is 1.06. The van der Waals surface area contributed by atoms with Crippen molar-refractivity contribution >= 4 is 34.2 Å². The lowest BCUT2D eigenvalue weighted by Crippen LogP contribution is -2.16. The lowest BCUT2D eigenvalue weighted by molar-refractivity contribution is -0.116. The number of halogens is 1. The molecule has 3 N–H and O–H groups in total. The molecule has 0 fully saturated rings. The minimum atomic E-state index is -0.0992. The molecule has 0 aliphatic rings. The van der Waals surface area contributed by atoms with Crippen LogP contribution >= 0.6 is 22.6 Å². The predicted octanol–water partition coefficient (Wildman–Crippen LogP) is 3.71. The van der Waals surface area contributed by atoms with Crippen molar-refractivity contribution in [2.24, 2.45) is 5.73 Å². The molecule has 2 rings (SSSR count). The summed E-state index contributed by atoms with van der Waals surface area (Å²) < 4.78 is 1.10. The Hall–Kier alpha value is -1.40. The Labute approximate surface area is 132 Å². The highest BCUT2D eigenvalue weighted by Crippen LogP contribution is 2.17. The van der Waals surface area contributed by atoms with Gasteiger partial charge in [0, 0.05) is 21.7 Å². The van der Waals surface area contributed by atoms with Gasteiger partial charge in [-0.25, -0.2) is 0 Å². The van der Waals surface area contributed by atoms with Gasteiger partial charge in [-0.2, -0.15) is 0 Å². The van der Waals surface area contributed by atoms with Crippen LogP contribution in [0.3, 0.4) is 0 Å². The first-order valence-electron chi connectivity index (χ1n) is 6.51. The first-order valence-corrected chi connectivity index (χ1v) is 7.59. The molecule has 20 heavy (non-hydrogen) atoms. The van der Waals surface area contributed by atoms with E-state index in [-0.39, 0.29) is 11.9 Å². The zero-order chi connectivity index (χ0) is 14.4. The van der Waals surface area contributed by atoms with Crippen molar-refractivity contribution in [1.82, 2.24) is 0 Å². The molecule has 0 bridgehead atoms. The summed E-state index contributed by atoms with van der Waals surface area (Å²) in [5.41, 5.74) is 7.97. The second-order valence-electron chi connectivity index (χ2n) is 4.61. The molecule has 0 radical (unpaired) electrons. The van der Waals surface area contributed by atoms with E-state index in [1.807, 2.05) is 54.6 Å². The van der Waals surface area contributed by atoms with Gasteiger partial charge in [-0.3, -0.25) is 4.79 Å². The third-order valence-electron chi connectivity index (χ3n) is 3.02. The Bertz CT molecular complexity index is 572. The van der Waals surface area contributed by atoms with E-state index in [0.717, 1.165) is 14.8 Å². The molecule has 1 atom stereocenters. The Balaban J connectivity index is 1.83. The molecule has 0 spiro atoms. The van der Waals surface area contributed by atoms with Gasteiger partial charge in [-0.15, -0.1) is 0 Å². The summed E-state index contributed by atoms with van der Waals surface area (Å²) in [6.45, 7) is 0. The number of hydrogen-bond donors (Lipinski definition) is 2. The van der Waals surface area contributed by atoms with Crippen LogP contribution in [0, 0.1) is 3.57 Å². The smallest absolute Gasteiger partial charge is 0.224 e. The number of amides is 1. The van der Waals surface area contributed by atoms with E-state index < -0.39 is 0 Å². The molecule has 4 heteroatoms. The number of nitrogens with one attached hydrogen (secondary N) is 1. The standard InChI is InChI=1S/C16H17IN2O/c17-13-7-4-8-14(11-13)19-16(20)10-9-15(18)12-5-2-1-3-6-12/h1-8,11,15H,9-10,18H2,(H,19,20). The third-order valence-corrected chi connectivity index (χ3v) is 3.69. The van der Waals surface area contributed by atoms with Gasteiger partial charge in [-0.05, 0) is 52.8 Å². The Morgan fingerprint density at radius 1 is 1.15 bits per heavy atom. The zero-order valence-corrected chi connectivity index (χ0v) is 13.2. The number of nitrogens with two attached hydrogens (primary N) is 1. The molecule has 1 unspecified atom stereocenters. The topological polar surface area (TPSA) is 55.1 Å². The summed E-state index contributed by atoms with van der Waals surface area (Å²) >= 11 is 2.22. The first-order chi connectivity index (χ1) is 9.65. The SMILES string of the molecule is NC(CCC(=O)Nc1cccc(I)c1)c1ccccc1. The number of carbonyl (C=O) groups is 1. The fraction of sp³-hybridized carbons (Fsp3) is 0.188. The van der Waals surface area contributed by atoms with Gasteiger partial charge in [0.25, 0.3) is 0 Å². The number of anilines is 1. The maximum Gasteiger partial charge on any atom is 0.224 e. The molecule has 0 aliphatic carbocycles. The van der Waals surface area contributed by atoms with Gasteiger partial charge in [0.1, 0.15) is 0 Å². The fourth-order valence-corrected chi connectivity index (χ4v) is 2.49. The van der Waals surface area contributed by atoms with Crippen LogP contribution in [0.1, 0.15) is 24.4 Å². The van der Waals surface area contributed by atoms with Crippen molar-refractivity contribution in [2.45, 2.75) is 18.9 Å². The van der Waals surface area contributed by atoms with Gasteiger partial charge >= 0.3 is 0 Å². The van der Waals surface area contributed by atoms with Crippen LogP contribution in [-0.4, -0.2) is 5.91 Å². The summed E-state index contributed by atoms with van der Waals surface area (Å²) in [5.74, 6) is -0.00150. The average molecular weight is 380 g/mol. The summed E-state index contributed by atoms with van der Waals surface area (Å²) in [7, 11) is 0. The Morgan fingerprint density at radius 3 is 2.60 bits per heavy atom. The van der Waals surface area contributed by atoms with Crippen LogP contribution in [0.5, 0.6) is 0 Å². The van der Waals surface area contributed by atoms with E-state index in [4.69, 9.17) is 5.73 Å². The molecule has 0 aromatic heterocycles. The molecule has 0 saturated heterocycles. The molecule has 104 valence electrons. The van der Waals surface area contributed by atoms with Gasteiger partial charge in [0.15, 0.2) is 0 Å². The molecule has 0 heterocycles. The van der Waals surface area contributed by atoms with E-state index in [9.17, 15) is 4.79 Å². The summed E-state index contributed by atoms with van der Waals surface area (Å²) in [6, 6.07) is 17.5. The van der Waals surface area contributed by atoms with Crippen LogP contribution in [0.25, 0.3) is 0 Å². The van der Waals surface area contributed by atoms with Crippen molar-refractivity contribution in [3.05, 3.63) is 63.7 Å². The molecule has 1 amide bonds. The van der Waals surface area contributed by atoms with E-state index in [2.05, 4.69) is 27.9 Å².